The van der Waals surface area contributed by atoms with Crippen LogP contribution >= 0.6 is 11.6 Å². The Balaban J connectivity index is 1.73. The van der Waals surface area contributed by atoms with Crippen LogP contribution in [0.5, 0.6) is 0 Å². The molecule has 1 N–H and O–H groups in total. The maximum atomic E-state index is 12.0. The molecule has 0 aromatic carbocycles. The van der Waals surface area contributed by atoms with Crippen molar-refractivity contribution in [2.24, 2.45) is 7.05 Å². The third-order valence-electron chi connectivity index (χ3n) is 4.11. The van der Waals surface area contributed by atoms with Crippen molar-refractivity contribution in [3.8, 4) is 0 Å². The molecule has 1 aliphatic heterocycles. The number of carbonyl (C=O) groups is 1. The average molecular weight is 366 g/mol. The first-order valence-corrected chi connectivity index (χ1v) is 8.83. The third kappa shape index (κ3) is 4.15. The Bertz CT molecular complexity index is 783. The van der Waals surface area contributed by atoms with Gasteiger partial charge in [-0.25, -0.2) is 9.78 Å². The number of alkyl carbamates (subject to hydrolysis) is 1. The number of piperidine rings is 1. The van der Waals surface area contributed by atoms with E-state index in [4.69, 9.17) is 21.3 Å². The molecule has 7 nitrogen and oxygen atoms in total. The van der Waals surface area contributed by atoms with Crippen LogP contribution in [0.1, 0.15) is 33.6 Å². The van der Waals surface area contributed by atoms with Gasteiger partial charge in [0.05, 0.1) is 16.6 Å². The van der Waals surface area contributed by atoms with E-state index in [-0.39, 0.29) is 12.1 Å². The highest BCUT2D eigenvalue weighted by molar-refractivity contribution is 6.35. The van der Waals surface area contributed by atoms with Crippen molar-refractivity contribution in [3.63, 3.8) is 0 Å². The van der Waals surface area contributed by atoms with Crippen molar-refractivity contribution in [2.45, 2.75) is 45.3 Å². The van der Waals surface area contributed by atoms with Gasteiger partial charge in [-0.2, -0.15) is 5.10 Å². The Hall–Kier alpha value is -2.02. The minimum atomic E-state index is -0.502. The molecule has 1 fully saturated rings. The number of anilines is 1. The second-order valence-corrected chi connectivity index (χ2v) is 7.81. The fraction of sp³-hybridized carbons (Fsp3) is 0.588. The van der Waals surface area contributed by atoms with Crippen LogP contribution in [0, 0.1) is 0 Å². The van der Waals surface area contributed by atoms with Crippen LogP contribution in [-0.4, -0.2) is 45.6 Å². The van der Waals surface area contributed by atoms with Crippen LogP contribution in [0.2, 0.25) is 5.02 Å². The standard InChI is InChI=1S/C17H24ClN5O2/c1-17(2,3)25-16(24)20-11-6-5-7-23(10-11)14-8-13(18)12-9-19-22(4)15(12)21-14/h8-9,11H,5-7,10H2,1-4H3,(H,20,24). The SMILES string of the molecule is Cn1ncc2c(Cl)cc(N3CCCC(NC(=O)OC(C)(C)C)C3)nc21. The molecule has 25 heavy (non-hydrogen) atoms. The lowest BCUT2D eigenvalue weighted by atomic mass is 10.1. The molecule has 1 saturated heterocycles. The van der Waals surface area contributed by atoms with Gasteiger partial charge >= 0.3 is 6.09 Å². The number of ether oxygens (including phenoxy) is 1. The van der Waals surface area contributed by atoms with Crippen molar-refractivity contribution >= 4 is 34.5 Å². The Morgan fingerprint density at radius 3 is 2.92 bits per heavy atom. The van der Waals surface area contributed by atoms with E-state index < -0.39 is 5.60 Å². The van der Waals surface area contributed by atoms with E-state index in [2.05, 4.69) is 15.3 Å². The number of fused-ring (bicyclic) bond motifs is 1. The summed E-state index contributed by atoms with van der Waals surface area (Å²) in [6.07, 6.45) is 3.21. The number of nitrogens with zero attached hydrogens (tertiary/aromatic N) is 4. The minimum absolute atomic E-state index is 0.0198. The molecule has 3 heterocycles. The maximum Gasteiger partial charge on any atom is 0.407 e. The lowest BCUT2D eigenvalue weighted by molar-refractivity contribution is 0.0500. The lowest BCUT2D eigenvalue weighted by Gasteiger charge is -2.34. The van der Waals surface area contributed by atoms with E-state index in [1.165, 1.54) is 0 Å². The number of carbonyl (C=O) groups excluding carboxylic acids is 1. The number of aromatic nitrogens is 3. The summed E-state index contributed by atoms with van der Waals surface area (Å²) in [5, 5.41) is 8.64. The summed E-state index contributed by atoms with van der Waals surface area (Å²) < 4.78 is 7.06. The summed E-state index contributed by atoms with van der Waals surface area (Å²) in [6.45, 7) is 7.11. The fourth-order valence-electron chi connectivity index (χ4n) is 3.00. The molecular formula is C17H24ClN5O2. The second kappa shape index (κ2) is 6.71. The van der Waals surface area contributed by atoms with Crippen LogP contribution in [0.3, 0.4) is 0 Å². The molecule has 3 rings (SSSR count). The molecule has 1 atom stereocenters. The third-order valence-corrected chi connectivity index (χ3v) is 4.42. The number of hydrogen-bond donors (Lipinski definition) is 1. The monoisotopic (exact) mass is 365 g/mol. The number of rotatable bonds is 2. The molecule has 8 heteroatoms. The first-order chi connectivity index (χ1) is 11.7. The molecule has 2 aromatic rings. The molecule has 0 bridgehead atoms. The van der Waals surface area contributed by atoms with Crippen LogP contribution in [-0.2, 0) is 11.8 Å². The topological polar surface area (TPSA) is 72.3 Å². The first kappa shape index (κ1) is 17.8. The van der Waals surface area contributed by atoms with Crippen molar-refractivity contribution in [2.75, 3.05) is 18.0 Å². The zero-order valence-corrected chi connectivity index (χ0v) is 15.8. The highest BCUT2D eigenvalue weighted by Crippen LogP contribution is 2.28. The largest absolute Gasteiger partial charge is 0.444 e. The Morgan fingerprint density at radius 1 is 1.44 bits per heavy atom. The zero-order chi connectivity index (χ0) is 18.2. The number of halogens is 1. The predicted octanol–water partition coefficient (Wildman–Crippen LogP) is 3.12. The molecule has 1 amide bonds. The lowest BCUT2D eigenvalue weighted by Crippen LogP contribution is -2.49. The summed E-state index contributed by atoms with van der Waals surface area (Å²) in [4.78, 5) is 18.8. The van der Waals surface area contributed by atoms with Crippen LogP contribution in [0.25, 0.3) is 11.0 Å². The first-order valence-electron chi connectivity index (χ1n) is 8.45. The van der Waals surface area contributed by atoms with Crippen LogP contribution in [0.15, 0.2) is 12.3 Å². The van der Waals surface area contributed by atoms with Gasteiger partial charge in [-0.3, -0.25) is 4.68 Å². The normalized spacial score (nSPS) is 18.4. The van der Waals surface area contributed by atoms with Gasteiger partial charge in [0.25, 0.3) is 0 Å². The molecule has 2 aromatic heterocycles. The van der Waals surface area contributed by atoms with Gasteiger partial charge in [-0.15, -0.1) is 0 Å². The summed E-state index contributed by atoms with van der Waals surface area (Å²) in [5.41, 5.74) is 0.252. The van der Waals surface area contributed by atoms with E-state index >= 15 is 0 Å². The van der Waals surface area contributed by atoms with Gasteiger partial charge < -0.3 is 15.0 Å². The smallest absolute Gasteiger partial charge is 0.407 e. The van der Waals surface area contributed by atoms with Crippen molar-refractivity contribution in [1.29, 1.82) is 0 Å². The minimum Gasteiger partial charge on any atom is -0.444 e. The van der Waals surface area contributed by atoms with E-state index in [0.717, 1.165) is 36.2 Å². The van der Waals surface area contributed by atoms with E-state index in [1.807, 2.05) is 33.9 Å². The van der Waals surface area contributed by atoms with Gasteiger partial charge in [0.2, 0.25) is 0 Å². The number of hydrogen-bond acceptors (Lipinski definition) is 5. The highest BCUT2D eigenvalue weighted by Gasteiger charge is 2.25. The van der Waals surface area contributed by atoms with Crippen molar-refractivity contribution in [3.05, 3.63) is 17.3 Å². The quantitative estimate of drug-likeness (QED) is 0.885. The average Bonchev–Trinajstić information content (AvgIpc) is 2.87. The van der Waals surface area contributed by atoms with E-state index in [1.54, 1.807) is 10.9 Å². The van der Waals surface area contributed by atoms with Crippen molar-refractivity contribution < 1.29 is 9.53 Å². The molecule has 0 saturated carbocycles. The van der Waals surface area contributed by atoms with Gasteiger partial charge in [0, 0.05) is 32.2 Å². The molecule has 1 unspecified atom stereocenters. The van der Waals surface area contributed by atoms with Gasteiger partial charge in [-0.1, -0.05) is 11.6 Å². The predicted molar refractivity (Wildman–Crippen MR) is 98.1 cm³/mol. The second-order valence-electron chi connectivity index (χ2n) is 7.40. The number of amides is 1. The van der Waals surface area contributed by atoms with E-state index in [0.29, 0.717) is 11.6 Å². The van der Waals surface area contributed by atoms with Crippen molar-refractivity contribution in [1.82, 2.24) is 20.1 Å². The highest BCUT2D eigenvalue weighted by atomic mass is 35.5. The number of nitrogens with one attached hydrogen (secondary N) is 1. The Kier molecular flexibility index (Phi) is 4.77. The van der Waals surface area contributed by atoms with E-state index in [9.17, 15) is 4.79 Å². The van der Waals surface area contributed by atoms with Gasteiger partial charge in [-0.05, 0) is 33.6 Å². The van der Waals surface area contributed by atoms with Crippen LogP contribution < -0.4 is 10.2 Å². The Morgan fingerprint density at radius 2 is 2.20 bits per heavy atom. The summed E-state index contributed by atoms with van der Waals surface area (Å²) >= 11 is 6.38. The summed E-state index contributed by atoms with van der Waals surface area (Å²) in [7, 11) is 1.85. The maximum absolute atomic E-state index is 12.0. The fourth-order valence-corrected chi connectivity index (χ4v) is 3.23. The van der Waals surface area contributed by atoms with Gasteiger partial charge in [0.1, 0.15) is 11.4 Å². The zero-order valence-electron chi connectivity index (χ0n) is 15.0. The molecule has 136 valence electrons. The Labute approximate surface area is 152 Å². The number of pyridine rings is 1. The summed E-state index contributed by atoms with van der Waals surface area (Å²) in [6, 6.07) is 1.88. The number of aryl methyl sites for hydroxylation is 1. The molecule has 1 aliphatic rings. The molecule has 0 radical (unpaired) electrons. The molecule has 0 spiro atoms. The van der Waals surface area contributed by atoms with Gasteiger partial charge in [0.15, 0.2) is 5.65 Å². The molecule has 0 aliphatic carbocycles. The van der Waals surface area contributed by atoms with Crippen LogP contribution in [0.4, 0.5) is 10.6 Å². The summed E-state index contributed by atoms with van der Waals surface area (Å²) in [5.74, 6) is 0.803. The molecular weight excluding hydrogens is 342 g/mol.